The standard InChI is InChI=1S/C15H13ClN2/c1-11-9-14-15(3-2-8-17-14)18(11)10-12-4-6-13(16)7-5-12/h2-9H,10H2,1H3. The van der Waals surface area contributed by atoms with Crippen LogP contribution in [-0.4, -0.2) is 9.55 Å². The lowest BCUT2D eigenvalue weighted by Gasteiger charge is -2.08. The van der Waals surface area contributed by atoms with E-state index in [4.69, 9.17) is 11.6 Å². The molecule has 2 nitrogen and oxygen atoms in total. The first-order valence-electron chi connectivity index (χ1n) is 5.89. The quantitative estimate of drug-likeness (QED) is 0.676. The molecule has 2 heterocycles. The third-order valence-corrected chi connectivity index (χ3v) is 3.38. The lowest BCUT2D eigenvalue weighted by molar-refractivity contribution is 0.805. The Labute approximate surface area is 111 Å². The van der Waals surface area contributed by atoms with Gasteiger partial charge in [-0.1, -0.05) is 23.7 Å². The summed E-state index contributed by atoms with van der Waals surface area (Å²) in [6.07, 6.45) is 1.83. The van der Waals surface area contributed by atoms with E-state index in [1.54, 1.807) is 0 Å². The van der Waals surface area contributed by atoms with E-state index in [-0.39, 0.29) is 0 Å². The largest absolute Gasteiger partial charge is 0.339 e. The summed E-state index contributed by atoms with van der Waals surface area (Å²) >= 11 is 5.90. The van der Waals surface area contributed by atoms with Gasteiger partial charge in [0.1, 0.15) is 0 Å². The highest BCUT2D eigenvalue weighted by Gasteiger charge is 2.06. The zero-order chi connectivity index (χ0) is 12.5. The number of benzene rings is 1. The summed E-state index contributed by atoms with van der Waals surface area (Å²) in [5, 5.41) is 0.773. The molecule has 0 aliphatic rings. The van der Waals surface area contributed by atoms with Gasteiger partial charge in [-0.15, -0.1) is 0 Å². The van der Waals surface area contributed by atoms with Gasteiger partial charge in [-0.3, -0.25) is 4.98 Å². The van der Waals surface area contributed by atoms with Gasteiger partial charge in [0.2, 0.25) is 0 Å². The van der Waals surface area contributed by atoms with E-state index in [9.17, 15) is 0 Å². The number of hydrogen-bond acceptors (Lipinski definition) is 1. The number of aromatic nitrogens is 2. The second-order valence-electron chi connectivity index (χ2n) is 4.41. The highest BCUT2D eigenvalue weighted by Crippen LogP contribution is 2.19. The fraction of sp³-hybridized carbons (Fsp3) is 0.133. The Bertz CT molecular complexity index is 683. The Morgan fingerprint density at radius 3 is 2.72 bits per heavy atom. The van der Waals surface area contributed by atoms with Crippen molar-refractivity contribution in [1.82, 2.24) is 9.55 Å². The Morgan fingerprint density at radius 1 is 1.17 bits per heavy atom. The predicted octanol–water partition coefficient (Wildman–Crippen LogP) is 4.05. The van der Waals surface area contributed by atoms with E-state index in [2.05, 4.69) is 40.7 Å². The molecule has 0 saturated heterocycles. The summed E-state index contributed by atoms with van der Waals surface area (Å²) in [4.78, 5) is 4.38. The second kappa shape index (κ2) is 4.46. The molecule has 18 heavy (non-hydrogen) atoms. The zero-order valence-corrected chi connectivity index (χ0v) is 10.9. The topological polar surface area (TPSA) is 17.8 Å². The average Bonchev–Trinajstić information content (AvgIpc) is 2.69. The van der Waals surface area contributed by atoms with Crippen LogP contribution >= 0.6 is 11.6 Å². The van der Waals surface area contributed by atoms with Crippen LogP contribution in [0.2, 0.25) is 5.02 Å². The molecule has 0 aliphatic heterocycles. The molecule has 3 aromatic rings. The van der Waals surface area contributed by atoms with Crippen molar-refractivity contribution in [2.75, 3.05) is 0 Å². The minimum atomic E-state index is 0.773. The van der Waals surface area contributed by atoms with Crippen molar-refractivity contribution in [2.45, 2.75) is 13.5 Å². The van der Waals surface area contributed by atoms with Crippen LogP contribution in [0.5, 0.6) is 0 Å². The van der Waals surface area contributed by atoms with E-state index >= 15 is 0 Å². The normalized spacial score (nSPS) is 11.0. The lowest BCUT2D eigenvalue weighted by atomic mass is 10.2. The van der Waals surface area contributed by atoms with E-state index in [0.717, 1.165) is 17.1 Å². The maximum atomic E-state index is 5.90. The van der Waals surface area contributed by atoms with Crippen molar-refractivity contribution in [1.29, 1.82) is 0 Å². The van der Waals surface area contributed by atoms with Gasteiger partial charge in [0.05, 0.1) is 11.0 Å². The number of rotatable bonds is 2. The molecule has 0 radical (unpaired) electrons. The number of hydrogen-bond donors (Lipinski definition) is 0. The van der Waals surface area contributed by atoms with Gasteiger partial charge in [0.15, 0.2) is 0 Å². The zero-order valence-electron chi connectivity index (χ0n) is 10.1. The van der Waals surface area contributed by atoms with Crippen LogP contribution in [0.1, 0.15) is 11.3 Å². The van der Waals surface area contributed by atoms with E-state index in [0.29, 0.717) is 0 Å². The molecule has 1 aromatic carbocycles. The molecular weight excluding hydrogens is 244 g/mol. The van der Waals surface area contributed by atoms with E-state index < -0.39 is 0 Å². The van der Waals surface area contributed by atoms with E-state index in [1.165, 1.54) is 16.8 Å². The Balaban J connectivity index is 2.04. The molecule has 90 valence electrons. The fourth-order valence-electron chi connectivity index (χ4n) is 2.20. The molecule has 0 saturated carbocycles. The van der Waals surface area contributed by atoms with Crippen molar-refractivity contribution < 1.29 is 0 Å². The smallest absolute Gasteiger partial charge is 0.0883 e. The number of nitrogens with zero attached hydrogens (tertiary/aromatic N) is 2. The molecule has 0 atom stereocenters. The molecule has 0 unspecified atom stereocenters. The third-order valence-electron chi connectivity index (χ3n) is 3.13. The maximum Gasteiger partial charge on any atom is 0.0883 e. The van der Waals surface area contributed by atoms with Crippen LogP contribution in [0, 0.1) is 6.92 Å². The molecule has 0 N–H and O–H groups in total. The van der Waals surface area contributed by atoms with Crippen LogP contribution in [0.4, 0.5) is 0 Å². The van der Waals surface area contributed by atoms with Crippen LogP contribution < -0.4 is 0 Å². The molecular formula is C15H13ClN2. The van der Waals surface area contributed by atoms with Crippen LogP contribution in [0.25, 0.3) is 11.0 Å². The van der Waals surface area contributed by atoms with Crippen LogP contribution in [-0.2, 0) is 6.54 Å². The van der Waals surface area contributed by atoms with Crippen molar-refractivity contribution >= 4 is 22.6 Å². The maximum absolute atomic E-state index is 5.90. The van der Waals surface area contributed by atoms with Gasteiger partial charge in [-0.2, -0.15) is 0 Å². The molecule has 0 aliphatic carbocycles. The number of fused-ring (bicyclic) bond motifs is 1. The molecule has 3 heteroatoms. The van der Waals surface area contributed by atoms with Crippen molar-refractivity contribution in [2.24, 2.45) is 0 Å². The highest BCUT2D eigenvalue weighted by molar-refractivity contribution is 6.30. The van der Waals surface area contributed by atoms with Gasteiger partial charge in [0, 0.05) is 23.5 Å². The summed E-state index contributed by atoms with van der Waals surface area (Å²) < 4.78 is 2.27. The molecule has 2 aromatic heterocycles. The molecule has 0 amide bonds. The van der Waals surface area contributed by atoms with E-state index in [1.807, 2.05) is 24.4 Å². The van der Waals surface area contributed by atoms with Gasteiger partial charge < -0.3 is 4.57 Å². The Hall–Kier alpha value is -1.80. The minimum Gasteiger partial charge on any atom is -0.339 e. The fourth-order valence-corrected chi connectivity index (χ4v) is 2.32. The number of halogens is 1. The molecule has 0 fully saturated rings. The Morgan fingerprint density at radius 2 is 1.94 bits per heavy atom. The first-order valence-corrected chi connectivity index (χ1v) is 6.27. The average molecular weight is 257 g/mol. The summed E-state index contributed by atoms with van der Waals surface area (Å²) in [5.41, 5.74) is 4.68. The van der Waals surface area contributed by atoms with Crippen molar-refractivity contribution in [3.8, 4) is 0 Å². The first kappa shape index (κ1) is 11.3. The van der Waals surface area contributed by atoms with Crippen LogP contribution in [0.15, 0.2) is 48.7 Å². The summed E-state index contributed by atoms with van der Waals surface area (Å²) in [7, 11) is 0. The molecule has 0 spiro atoms. The van der Waals surface area contributed by atoms with Gasteiger partial charge in [-0.25, -0.2) is 0 Å². The summed E-state index contributed by atoms with van der Waals surface area (Å²) in [6.45, 7) is 2.95. The van der Waals surface area contributed by atoms with Gasteiger partial charge in [0.25, 0.3) is 0 Å². The third kappa shape index (κ3) is 2.00. The van der Waals surface area contributed by atoms with Gasteiger partial charge in [-0.05, 0) is 42.8 Å². The summed E-state index contributed by atoms with van der Waals surface area (Å²) in [6, 6.07) is 14.2. The predicted molar refractivity (Wildman–Crippen MR) is 75.0 cm³/mol. The Kier molecular flexibility index (Phi) is 2.80. The second-order valence-corrected chi connectivity index (χ2v) is 4.84. The highest BCUT2D eigenvalue weighted by atomic mass is 35.5. The minimum absolute atomic E-state index is 0.773. The number of aryl methyl sites for hydroxylation is 1. The lowest BCUT2D eigenvalue weighted by Crippen LogP contribution is -2.01. The molecule has 3 rings (SSSR count). The van der Waals surface area contributed by atoms with Crippen LogP contribution in [0.3, 0.4) is 0 Å². The van der Waals surface area contributed by atoms with Crippen molar-refractivity contribution in [3.63, 3.8) is 0 Å². The monoisotopic (exact) mass is 256 g/mol. The number of pyridine rings is 1. The van der Waals surface area contributed by atoms with Gasteiger partial charge >= 0.3 is 0 Å². The van der Waals surface area contributed by atoms with Crippen molar-refractivity contribution in [3.05, 3.63) is 64.9 Å². The SMILES string of the molecule is Cc1cc2ncccc2n1Cc1ccc(Cl)cc1. The summed E-state index contributed by atoms with van der Waals surface area (Å²) in [5.74, 6) is 0. The first-order chi connectivity index (χ1) is 8.74. The molecule has 0 bridgehead atoms.